The Balaban J connectivity index is 2.81. The smallest absolute Gasteiger partial charge is 0.292 e. The molecule has 0 aliphatic carbocycles. The third kappa shape index (κ3) is 3.90. The Bertz CT molecular complexity index is 478. The van der Waals surface area contributed by atoms with Crippen LogP contribution in [0, 0.1) is 10.1 Å². The van der Waals surface area contributed by atoms with E-state index in [0.717, 1.165) is 0 Å². The molecule has 0 radical (unpaired) electrons. The normalized spacial score (nSPS) is 10.9. The van der Waals surface area contributed by atoms with Crippen LogP contribution in [0.4, 0.5) is 11.4 Å². The van der Waals surface area contributed by atoms with Gasteiger partial charge in [-0.3, -0.25) is 14.9 Å². The Morgan fingerprint density at radius 3 is 2.71 bits per heavy atom. The molecule has 0 aromatic heterocycles. The number of hydrogen-bond acceptors (Lipinski definition) is 3. The highest BCUT2D eigenvalue weighted by Gasteiger charge is 2.12. The van der Waals surface area contributed by atoms with Crippen LogP contribution in [-0.4, -0.2) is 10.8 Å². The number of rotatable bonds is 4. The Labute approximate surface area is 98.6 Å². The maximum absolute atomic E-state index is 11.4. The van der Waals surface area contributed by atoms with Crippen molar-refractivity contribution in [3.63, 3.8) is 0 Å². The van der Waals surface area contributed by atoms with Gasteiger partial charge in [-0.25, -0.2) is 0 Å². The summed E-state index contributed by atoms with van der Waals surface area (Å²) in [5.41, 5.74) is 0.0629. The van der Waals surface area contributed by atoms with E-state index < -0.39 is 10.8 Å². The van der Waals surface area contributed by atoms with Crippen molar-refractivity contribution in [2.45, 2.75) is 6.92 Å². The van der Waals surface area contributed by atoms with Crippen molar-refractivity contribution < 1.29 is 9.72 Å². The van der Waals surface area contributed by atoms with E-state index in [9.17, 15) is 14.9 Å². The van der Waals surface area contributed by atoms with Crippen molar-refractivity contribution in [3.8, 4) is 0 Å². The molecule has 5 heteroatoms. The van der Waals surface area contributed by atoms with Crippen LogP contribution in [0.1, 0.15) is 6.92 Å². The fourth-order valence-electron chi connectivity index (χ4n) is 1.17. The predicted octanol–water partition coefficient (Wildman–Crippen LogP) is 2.67. The van der Waals surface area contributed by atoms with Crippen molar-refractivity contribution in [1.82, 2.24) is 0 Å². The summed E-state index contributed by atoms with van der Waals surface area (Å²) in [5.74, 6) is -0.405. The maximum atomic E-state index is 11.4. The highest BCUT2D eigenvalue weighted by molar-refractivity contribution is 6.00. The second-order valence-corrected chi connectivity index (χ2v) is 3.15. The fraction of sp³-hybridized carbons (Fsp3) is 0.0833. The number of amides is 1. The van der Waals surface area contributed by atoms with E-state index in [0.29, 0.717) is 0 Å². The zero-order valence-electron chi connectivity index (χ0n) is 9.29. The first-order chi connectivity index (χ1) is 8.15. The van der Waals surface area contributed by atoms with Crippen molar-refractivity contribution in [2.75, 3.05) is 5.32 Å². The van der Waals surface area contributed by atoms with Gasteiger partial charge in [-0.05, 0) is 13.0 Å². The van der Waals surface area contributed by atoms with Crippen LogP contribution in [0.5, 0.6) is 0 Å². The summed E-state index contributed by atoms with van der Waals surface area (Å²) in [7, 11) is 0. The number of hydrogen-bond donors (Lipinski definition) is 1. The van der Waals surface area contributed by atoms with Crippen molar-refractivity contribution in [3.05, 3.63) is 58.7 Å². The Morgan fingerprint density at radius 1 is 1.35 bits per heavy atom. The number of nitro benzene ring substituents is 1. The quantitative estimate of drug-likeness (QED) is 0.375. The minimum absolute atomic E-state index is 0.125. The standard InChI is InChI=1S/C12H12N2O3/c1-2-3-4-9-12(15)13-10-7-5-6-8-11(10)14(16)17/h2-9H,1H3,(H,13,15)/b3-2+,9-4+. The molecule has 5 nitrogen and oxygen atoms in total. The van der Waals surface area contributed by atoms with Gasteiger partial charge in [0.05, 0.1) is 4.92 Å². The van der Waals surface area contributed by atoms with Gasteiger partial charge in [-0.2, -0.15) is 0 Å². The molecule has 1 N–H and O–H groups in total. The van der Waals surface area contributed by atoms with Gasteiger partial charge in [0.25, 0.3) is 5.69 Å². The molecule has 0 spiro atoms. The molecule has 0 atom stereocenters. The summed E-state index contributed by atoms with van der Waals surface area (Å²) in [5, 5.41) is 13.1. The molecule has 0 unspecified atom stereocenters. The lowest BCUT2D eigenvalue weighted by atomic mass is 10.2. The average molecular weight is 232 g/mol. The number of nitrogens with one attached hydrogen (secondary N) is 1. The molecule has 0 saturated heterocycles. The molecule has 0 saturated carbocycles. The summed E-state index contributed by atoms with van der Waals surface area (Å²) in [6.45, 7) is 1.82. The number of nitrogens with zero attached hydrogens (tertiary/aromatic N) is 1. The monoisotopic (exact) mass is 232 g/mol. The number of nitro groups is 1. The summed E-state index contributed by atoms with van der Waals surface area (Å²) in [6, 6.07) is 5.99. The van der Waals surface area contributed by atoms with Crippen molar-refractivity contribution in [1.29, 1.82) is 0 Å². The molecular weight excluding hydrogens is 220 g/mol. The zero-order chi connectivity index (χ0) is 12.7. The van der Waals surface area contributed by atoms with Crippen molar-refractivity contribution in [2.24, 2.45) is 0 Å². The number of anilines is 1. The summed E-state index contributed by atoms with van der Waals surface area (Å²) in [4.78, 5) is 21.6. The van der Waals surface area contributed by atoms with Gasteiger partial charge in [-0.1, -0.05) is 30.4 Å². The van der Waals surface area contributed by atoms with E-state index in [1.807, 2.05) is 6.92 Å². The SMILES string of the molecule is C/C=C/C=C/C(=O)Nc1ccccc1[N+](=O)[O-]. The molecule has 0 aliphatic heterocycles. The van der Waals surface area contributed by atoms with Gasteiger partial charge in [0.2, 0.25) is 5.91 Å². The molecule has 1 rings (SSSR count). The molecule has 0 heterocycles. The first-order valence-electron chi connectivity index (χ1n) is 4.99. The highest BCUT2D eigenvalue weighted by atomic mass is 16.6. The second kappa shape index (κ2) is 6.22. The van der Waals surface area contributed by atoms with Crippen LogP contribution < -0.4 is 5.32 Å². The van der Waals surface area contributed by atoms with Crippen LogP contribution >= 0.6 is 0 Å². The first kappa shape index (κ1) is 12.6. The van der Waals surface area contributed by atoms with Gasteiger partial charge >= 0.3 is 0 Å². The van der Waals surface area contributed by atoms with E-state index in [2.05, 4.69) is 5.32 Å². The molecule has 1 amide bonds. The Morgan fingerprint density at radius 2 is 2.06 bits per heavy atom. The van der Waals surface area contributed by atoms with Gasteiger partial charge in [-0.15, -0.1) is 0 Å². The number of allylic oxidation sites excluding steroid dienone is 3. The summed E-state index contributed by atoms with van der Waals surface area (Å²) >= 11 is 0. The number of para-hydroxylation sites is 2. The molecule has 88 valence electrons. The van der Waals surface area contributed by atoms with Crippen LogP contribution in [0.3, 0.4) is 0 Å². The predicted molar refractivity (Wildman–Crippen MR) is 65.7 cm³/mol. The van der Waals surface area contributed by atoms with E-state index in [4.69, 9.17) is 0 Å². The lowest BCUT2D eigenvalue weighted by molar-refractivity contribution is -0.383. The van der Waals surface area contributed by atoms with Gasteiger partial charge in [0.15, 0.2) is 0 Å². The number of carbonyl (C=O) groups excluding carboxylic acids is 1. The third-order valence-corrected chi connectivity index (χ3v) is 1.91. The van der Waals surface area contributed by atoms with E-state index in [1.165, 1.54) is 18.2 Å². The second-order valence-electron chi connectivity index (χ2n) is 3.15. The molecule has 17 heavy (non-hydrogen) atoms. The molecule has 0 fully saturated rings. The third-order valence-electron chi connectivity index (χ3n) is 1.91. The van der Waals surface area contributed by atoms with Gasteiger partial charge in [0, 0.05) is 12.1 Å². The zero-order valence-corrected chi connectivity index (χ0v) is 9.29. The largest absolute Gasteiger partial charge is 0.317 e. The van der Waals surface area contributed by atoms with Crippen LogP contribution in [0.15, 0.2) is 48.6 Å². The average Bonchev–Trinajstić information content (AvgIpc) is 2.29. The maximum Gasteiger partial charge on any atom is 0.292 e. The van der Waals surface area contributed by atoms with Gasteiger partial charge < -0.3 is 5.32 Å². The number of benzene rings is 1. The summed E-state index contributed by atoms with van der Waals surface area (Å²) < 4.78 is 0. The fourth-order valence-corrected chi connectivity index (χ4v) is 1.17. The van der Waals surface area contributed by atoms with Gasteiger partial charge in [0.1, 0.15) is 5.69 Å². The molecular formula is C12H12N2O3. The molecule has 1 aromatic carbocycles. The van der Waals surface area contributed by atoms with Crippen LogP contribution in [0.25, 0.3) is 0 Å². The van der Waals surface area contributed by atoms with E-state index in [1.54, 1.807) is 30.4 Å². The van der Waals surface area contributed by atoms with Crippen LogP contribution in [-0.2, 0) is 4.79 Å². The minimum atomic E-state index is -0.536. The highest BCUT2D eigenvalue weighted by Crippen LogP contribution is 2.22. The topological polar surface area (TPSA) is 72.2 Å². The Kier molecular flexibility index (Phi) is 4.62. The van der Waals surface area contributed by atoms with Crippen molar-refractivity contribution >= 4 is 17.3 Å². The number of carbonyl (C=O) groups is 1. The Hall–Kier alpha value is -2.43. The van der Waals surface area contributed by atoms with Crippen LogP contribution in [0.2, 0.25) is 0 Å². The van der Waals surface area contributed by atoms with E-state index >= 15 is 0 Å². The lowest BCUT2D eigenvalue weighted by Gasteiger charge is -2.02. The molecule has 0 bridgehead atoms. The molecule has 1 aromatic rings. The lowest BCUT2D eigenvalue weighted by Crippen LogP contribution is -2.09. The summed E-state index contributed by atoms with van der Waals surface area (Å²) in [6.07, 6.45) is 6.33. The molecule has 0 aliphatic rings. The minimum Gasteiger partial charge on any atom is -0.317 e. The van der Waals surface area contributed by atoms with E-state index in [-0.39, 0.29) is 11.4 Å². The first-order valence-corrected chi connectivity index (χ1v) is 4.99.